The third kappa shape index (κ3) is 5.48. The molecule has 0 radical (unpaired) electrons. The van der Waals surface area contributed by atoms with Crippen molar-refractivity contribution in [3.63, 3.8) is 0 Å². The first-order chi connectivity index (χ1) is 32.2. The molecule has 0 aliphatic carbocycles. The molecule has 0 aliphatic rings. The van der Waals surface area contributed by atoms with E-state index in [2.05, 4.69) is 180 Å². The lowest BCUT2D eigenvalue weighted by Gasteiger charge is -2.27. The second-order valence-corrected chi connectivity index (χ2v) is 18.4. The minimum Gasteiger partial charge on any atom is -0.310 e. The van der Waals surface area contributed by atoms with Crippen molar-refractivity contribution >= 4 is 110 Å². The summed E-state index contributed by atoms with van der Waals surface area (Å²) in [5.41, 5.74) is 14.7. The van der Waals surface area contributed by atoms with Crippen LogP contribution < -0.4 is 9.80 Å². The molecule has 4 aromatic heterocycles. The second kappa shape index (κ2) is 14.3. The number of rotatable bonds is 8. The average Bonchev–Trinajstić information content (AvgIpc) is 4.05. The van der Waals surface area contributed by atoms with Gasteiger partial charge in [0.1, 0.15) is 11.6 Å². The summed E-state index contributed by atoms with van der Waals surface area (Å²) in [5.74, 6) is 0.256. The molecule has 0 spiro atoms. The zero-order valence-electron chi connectivity index (χ0n) is 37.0. The fourth-order valence-electron chi connectivity index (χ4n) is 10.9. The highest BCUT2D eigenvalue weighted by atomic mass is 19.1. The number of nitrogens with zero attached hydrogens (tertiary/aromatic N) is 4. The summed E-state index contributed by atoms with van der Waals surface area (Å²) in [6, 6.07) is 62.4. The molecule has 4 heterocycles. The SMILES string of the molecule is CC(C)c1ccc(N(c2ccccc2)c2ccc3c4cc5c(cc4n4c6ccc(F)cc6c2c34)c2ccc(N(c3ccccc3)c3ccc(C(C)C)cc3)c3c4cc(F)ccc4n5c23)cc1. The Morgan fingerprint density at radius 1 is 0.348 bits per heavy atom. The molecular weight excluding hydrogens is 815 g/mol. The average molecular weight is 859 g/mol. The molecule has 9 aromatic carbocycles. The van der Waals surface area contributed by atoms with Crippen LogP contribution in [0.4, 0.5) is 42.9 Å². The van der Waals surface area contributed by atoms with Crippen molar-refractivity contribution in [3.05, 3.63) is 205 Å². The summed E-state index contributed by atoms with van der Waals surface area (Å²) in [5, 5.41) is 8.07. The standard InChI is InChI=1S/C60H44F2N4/c1-35(2)37-15-21-43(22-16-37)63(41-11-7-5-8-12-41)53-29-25-45-47-33-56-48(34-55(47)65-51-27-19-39(61)31-49(51)57(53)59(45)65)46-26-30-54(58-50-32-40(62)20-28-52(50)66(56)60(46)58)64(42-13-9-6-10-14-42)44-23-17-38(18-24-44)36(3)4/h5-36H,1-4H3. The third-order valence-corrected chi connectivity index (χ3v) is 14.0. The number of hydrogen-bond donors (Lipinski definition) is 0. The highest BCUT2D eigenvalue weighted by molar-refractivity contribution is 6.32. The molecule has 0 bridgehead atoms. The van der Waals surface area contributed by atoms with Gasteiger partial charge < -0.3 is 18.6 Å². The predicted octanol–water partition coefficient (Wildman–Crippen LogP) is 17.5. The van der Waals surface area contributed by atoms with Gasteiger partial charge in [0.25, 0.3) is 0 Å². The maximum atomic E-state index is 15.6. The largest absolute Gasteiger partial charge is 0.310 e. The van der Waals surface area contributed by atoms with Crippen LogP contribution in [0.2, 0.25) is 0 Å². The molecule has 13 aromatic rings. The van der Waals surface area contributed by atoms with E-state index in [4.69, 9.17) is 0 Å². The molecule has 0 saturated heterocycles. The van der Waals surface area contributed by atoms with Crippen molar-refractivity contribution in [2.45, 2.75) is 39.5 Å². The van der Waals surface area contributed by atoms with Gasteiger partial charge >= 0.3 is 0 Å². The van der Waals surface area contributed by atoms with Crippen LogP contribution >= 0.6 is 0 Å². The summed E-state index contributed by atoms with van der Waals surface area (Å²) < 4.78 is 35.8. The van der Waals surface area contributed by atoms with Crippen LogP contribution in [-0.4, -0.2) is 8.80 Å². The van der Waals surface area contributed by atoms with Gasteiger partial charge in [-0.25, -0.2) is 8.78 Å². The van der Waals surface area contributed by atoms with Gasteiger partial charge in [-0.2, -0.15) is 0 Å². The molecule has 13 rings (SSSR count). The molecule has 0 fully saturated rings. The van der Waals surface area contributed by atoms with E-state index in [1.165, 1.54) is 11.1 Å². The second-order valence-electron chi connectivity index (χ2n) is 18.4. The third-order valence-electron chi connectivity index (χ3n) is 14.0. The van der Waals surface area contributed by atoms with Gasteiger partial charge in [-0.05, 0) is 132 Å². The summed E-state index contributed by atoms with van der Waals surface area (Å²) in [6.07, 6.45) is 0. The van der Waals surface area contributed by atoms with E-state index in [-0.39, 0.29) is 11.6 Å². The van der Waals surface area contributed by atoms with Crippen molar-refractivity contribution in [1.82, 2.24) is 8.80 Å². The maximum absolute atomic E-state index is 15.6. The number of anilines is 6. The Labute approximate surface area is 380 Å². The van der Waals surface area contributed by atoms with E-state index in [0.717, 1.165) is 110 Å². The summed E-state index contributed by atoms with van der Waals surface area (Å²) in [7, 11) is 0. The van der Waals surface area contributed by atoms with E-state index < -0.39 is 0 Å². The molecule has 6 heteroatoms. The number of aromatic nitrogens is 2. The first-order valence-electron chi connectivity index (χ1n) is 22.9. The fourth-order valence-corrected chi connectivity index (χ4v) is 10.9. The van der Waals surface area contributed by atoms with E-state index in [1.54, 1.807) is 24.3 Å². The number of para-hydroxylation sites is 2. The normalized spacial score (nSPS) is 12.4. The minimum absolute atomic E-state index is 0.272. The zero-order chi connectivity index (χ0) is 44.5. The van der Waals surface area contributed by atoms with E-state index >= 15 is 8.78 Å². The van der Waals surface area contributed by atoms with Crippen molar-refractivity contribution in [3.8, 4) is 0 Å². The van der Waals surface area contributed by atoms with Crippen LogP contribution in [0.1, 0.15) is 50.7 Å². The Bertz CT molecular complexity index is 3740. The van der Waals surface area contributed by atoms with Crippen LogP contribution in [0.5, 0.6) is 0 Å². The molecule has 0 aliphatic heterocycles. The van der Waals surface area contributed by atoms with Crippen molar-refractivity contribution in [1.29, 1.82) is 0 Å². The quantitative estimate of drug-likeness (QED) is 0.151. The predicted molar refractivity (Wildman–Crippen MR) is 273 cm³/mol. The Morgan fingerprint density at radius 2 is 0.727 bits per heavy atom. The van der Waals surface area contributed by atoms with E-state index in [0.29, 0.717) is 11.8 Å². The van der Waals surface area contributed by atoms with Gasteiger partial charge in [0.15, 0.2) is 0 Å². The van der Waals surface area contributed by atoms with Crippen molar-refractivity contribution in [2.24, 2.45) is 0 Å². The van der Waals surface area contributed by atoms with Crippen molar-refractivity contribution in [2.75, 3.05) is 9.80 Å². The van der Waals surface area contributed by atoms with Gasteiger partial charge in [-0.3, -0.25) is 0 Å². The lowest BCUT2D eigenvalue weighted by Crippen LogP contribution is -2.10. The molecule has 0 N–H and O–H groups in total. The number of benzene rings is 9. The van der Waals surface area contributed by atoms with Gasteiger partial charge in [0.05, 0.1) is 44.5 Å². The Hall–Kier alpha value is -7.96. The van der Waals surface area contributed by atoms with Crippen LogP contribution in [0.25, 0.3) is 76.2 Å². The first kappa shape index (κ1) is 38.5. The molecule has 0 saturated carbocycles. The maximum Gasteiger partial charge on any atom is 0.123 e. The van der Waals surface area contributed by atoms with Gasteiger partial charge in [-0.15, -0.1) is 0 Å². The number of fused-ring (bicyclic) bond motifs is 12. The molecule has 66 heavy (non-hydrogen) atoms. The van der Waals surface area contributed by atoms with Gasteiger partial charge in [0.2, 0.25) is 0 Å². The zero-order valence-corrected chi connectivity index (χ0v) is 37.0. The lowest BCUT2D eigenvalue weighted by atomic mass is 10.0. The molecule has 4 nitrogen and oxygen atoms in total. The number of halogens is 2. The van der Waals surface area contributed by atoms with E-state index in [9.17, 15) is 0 Å². The van der Waals surface area contributed by atoms with Crippen LogP contribution in [0.3, 0.4) is 0 Å². The first-order valence-corrected chi connectivity index (χ1v) is 22.9. The fraction of sp³-hybridized carbons (Fsp3) is 0.100. The van der Waals surface area contributed by atoms with E-state index in [1.807, 2.05) is 24.3 Å². The summed E-state index contributed by atoms with van der Waals surface area (Å²) in [6.45, 7) is 8.85. The van der Waals surface area contributed by atoms with Crippen LogP contribution in [0.15, 0.2) is 182 Å². The Balaban J connectivity index is 1.11. The highest BCUT2D eigenvalue weighted by Crippen LogP contribution is 2.51. The smallest absolute Gasteiger partial charge is 0.123 e. The van der Waals surface area contributed by atoms with Gasteiger partial charge in [-0.1, -0.05) is 100 Å². The number of hydrogen-bond acceptors (Lipinski definition) is 2. The Kier molecular flexibility index (Phi) is 8.32. The molecule has 0 unspecified atom stereocenters. The lowest BCUT2D eigenvalue weighted by molar-refractivity contribution is 0.629. The monoisotopic (exact) mass is 858 g/mol. The van der Waals surface area contributed by atoms with Gasteiger partial charge in [0, 0.05) is 65.8 Å². The summed E-state index contributed by atoms with van der Waals surface area (Å²) >= 11 is 0. The van der Waals surface area contributed by atoms with Crippen LogP contribution in [-0.2, 0) is 0 Å². The topological polar surface area (TPSA) is 15.3 Å². The summed E-state index contributed by atoms with van der Waals surface area (Å²) in [4.78, 5) is 4.60. The van der Waals surface area contributed by atoms with Crippen molar-refractivity contribution < 1.29 is 8.78 Å². The van der Waals surface area contributed by atoms with Crippen LogP contribution in [0, 0.1) is 11.6 Å². The Morgan fingerprint density at radius 3 is 1.11 bits per heavy atom. The highest BCUT2D eigenvalue weighted by Gasteiger charge is 2.28. The molecule has 0 atom stereocenters. The molecule has 318 valence electrons. The molecule has 0 amide bonds. The minimum atomic E-state index is -0.272. The molecular formula is C60H44F2N4.